The number of carbonyl (C=O) groups excluding carboxylic acids is 1. The van der Waals surface area contributed by atoms with E-state index in [0.717, 1.165) is 31.6 Å². The van der Waals surface area contributed by atoms with Crippen LogP contribution in [0.2, 0.25) is 0 Å². The van der Waals surface area contributed by atoms with E-state index in [4.69, 9.17) is 10.5 Å². The Hall–Kier alpha value is -1.39. The highest BCUT2D eigenvalue weighted by Crippen LogP contribution is 2.22. The molecule has 0 amide bonds. The Morgan fingerprint density at radius 3 is 2.75 bits per heavy atom. The summed E-state index contributed by atoms with van der Waals surface area (Å²) in [6, 6.07) is 8.35. The topological polar surface area (TPSA) is 55.6 Å². The summed E-state index contributed by atoms with van der Waals surface area (Å²) in [5, 5.41) is 0. The summed E-state index contributed by atoms with van der Waals surface area (Å²) in [7, 11) is 1.43. The molecular weight excluding hydrogens is 252 g/mol. The standard InChI is InChI=1S/C16H24N2O2/c1-12(17)14-7-8-18(10-14)11-15-6-4-3-5-13(15)9-16(19)20-2/h3-6,12,14H,7-11,17H2,1-2H3. The van der Waals surface area contributed by atoms with Crippen molar-refractivity contribution in [1.82, 2.24) is 4.90 Å². The second kappa shape index (κ2) is 6.86. The van der Waals surface area contributed by atoms with Crippen molar-refractivity contribution in [2.75, 3.05) is 20.2 Å². The molecule has 1 fully saturated rings. The number of nitrogens with two attached hydrogens (primary N) is 1. The maximum Gasteiger partial charge on any atom is 0.309 e. The molecule has 0 bridgehead atoms. The first-order valence-electron chi connectivity index (χ1n) is 7.21. The van der Waals surface area contributed by atoms with E-state index in [1.807, 2.05) is 18.2 Å². The Morgan fingerprint density at radius 2 is 2.15 bits per heavy atom. The van der Waals surface area contributed by atoms with Crippen molar-refractivity contribution in [2.45, 2.75) is 32.4 Å². The van der Waals surface area contributed by atoms with Crippen molar-refractivity contribution in [1.29, 1.82) is 0 Å². The lowest BCUT2D eigenvalue weighted by Crippen LogP contribution is -2.29. The van der Waals surface area contributed by atoms with Gasteiger partial charge in [0.15, 0.2) is 0 Å². The van der Waals surface area contributed by atoms with Crippen molar-refractivity contribution >= 4 is 5.97 Å². The molecule has 1 aliphatic rings. The fraction of sp³-hybridized carbons (Fsp3) is 0.562. The summed E-state index contributed by atoms with van der Waals surface area (Å²) >= 11 is 0. The molecule has 1 heterocycles. The minimum Gasteiger partial charge on any atom is -0.469 e. The van der Waals surface area contributed by atoms with Crippen LogP contribution in [0.4, 0.5) is 0 Å². The van der Waals surface area contributed by atoms with Gasteiger partial charge in [-0.2, -0.15) is 0 Å². The van der Waals surface area contributed by atoms with Crippen LogP contribution in [0.15, 0.2) is 24.3 Å². The molecule has 4 nitrogen and oxygen atoms in total. The Kier molecular flexibility index (Phi) is 5.15. The minimum absolute atomic E-state index is 0.188. The van der Waals surface area contributed by atoms with Crippen LogP contribution in [0.5, 0.6) is 0 Å². The van der Waals surface area contributed by atoms with Crippen LogP contribution in [-0.2, 0) is 22.5 Å². The molecule has 2 rings (SSSR count). The largest absolute Gasteiger partial charge is 0.469 e. The van der Waals surface area contributed by atoms with Crippen molar-refractivity contribution in [3.63, 3.8) is 0 Å². The fourth-order valence-corrected chi connectivity index (χ4v) is 2.79. The zero-order chi connectivity index (χ0) is 14.5. The van der Waals surface area contributed by atoms with Gasteiger partial charge in [0.05, 0.1) is 13.5 Å². The SMILES string of the molecule is COC(=O)Cc1ccccc1CN1CCC(C(C)N)C1. The zero-order valence-electron chi connectivity index (χ0n) is 12.3. The second-order valence-corrected chi connectivity index (χ2v) is 5.66. The number of hydrogen-bond acceptors (Lipinski definition) is 4. The van der Waals surface area contributed by atoms with Gasteiger partial charge in [-0.1, -0.05) is 24.3 Å². The Balaban J connectivity index is 2.01. The second-order valence-electron chi connectivity index (χ2n) is 5.66. The molecule has 2 atom stereocenters. The molecule has 0 aromatic heterocycles. The first-order chi connectivity index (χ1) is 9.60. The average molecular weight is 276 g/mol. The van der Waals surface area contributed by atoms with Crippen LogP contribution in [0.1, 0.15) is 24.5 Å². The number of hydrogen-bond donors (Lipinski definition) is 1. The number of carbonyl (C=O) groups is 1. The van der Waals surface area contributed by atoms with Crippen LogP contribution in [-0.4, -0.2) is 37.1 Å². The van der Waals surface area contributed by atoms with Crippen molar-refractivity contribution < 1.29 is 9.53 Å². The minimum atomic E-state index is -0.188. The quantitative estimate of drug-likeness (QED) is 0.829. The average Bonchev–Trinajstić information content (AvgIpc) is 2.89. The fourth-order valence-electron chi connectivity index (χ4n) is 2.79. The normalized spacial score (nSPS) is 20.9. The van der Waals surface area contributed by atoms with E-state index in [9.17, 15) is 4.79 Å². The number of nitrogens with zero attached hydrogens (tertiary/aromatic N) is 1. The highest BCUT2D eigenvalue weighted by atomic mass is 16.5. The van der Waals surface area contributed by atoms with Gasteiger partial charge in [-0.3, -0.25) is 9.69 Å². The van der Waals surface area contributed by atoms with Gasteiger partial charge in [-0.25, -0.2) is 0 Å². The van der Waals surface area contributed by atoms with Crippen LogP contribution >= 0.6 is 0 Å². The molecule has 1 saturated heterocycles. The highest BCUT2D eigenvalue weighted by molar-refractivity contribution is 5.72. The summed E-state index contributed by atoms with van der Waals surface area (Å²) in [6.45, 7) is 5.10. The molecule has 1 aromatic rings. The number of benzene rings is 1. The summed E-state index contributed by atoms with van der Waals surface area (Å²) in [6.07, 6.45) is 1.51. The van der Waals surface area contributed by atoms with Gasteiger partial charge in [-0.15, -0.1) is 0 Å². The van der Waals surface area contributed by atoms with E-state index < -0.39 is 0 Å². The number of methoxy groups -OCH3 is 1. The monoisotopic (exact) mass is 276 g/mol. The molecule has 0 spiro atoms. The van der Waals surface area contributed by atoms with Crippen molar-refractivity contribution in [3.05, 3.63) is 35.4 Å². The summed E-state index contributed by atoms with van der Waals surface area (Å²) in [5.74, 6) is 0.398. The molecule has 0 aliphatic carbocycles. The van der Waals surface area contributed by atoms with Gasteiger partial charge < -0.3 is 10.5 Å². The van der Waals surface area contributed by atoms with Crippen LogP contribution in [0, 0.1) is 5.92 Å². The summed E-state index contributed by atoms with van der Waals surface area (Å²) in [4.78, 5) is 13.9. The highest BCUT2D eigenvalue weighted by Gasteiger charge is 2.25. The van der Waals surface area contributed by atoms with E-state index in [0.29, 0.717) is 12.3 Å². The van der Waals surface area contributed by atoms with Gasteiger partial charge >= 0.3 is 5.97 Å². The molecule has 1 aromatic carbocycles. The number of likely N-dealkylation sites (tertiary alicyclic amines) is 1. The first kappa shape index (κ1) is 15.0. The molecule has 20 heavy (non-hydrogen) atoms. The number of ether oxygens (including phenoxy) is 1. The third-order valence-corrected chi connectivity index (χ3v) is 4.13. The predicted octanol–water partition coefficient (Wildman–Crippen LogP) is 1.57. The molecule has 2 unspecified atom stereocenters. The Labute approximate surface area is 120 Å². The van der Waals surface area contributed by atoms with Gasteiger partial charge in [-0.05, 0) is 36.9 Å². The maximum absolute atomic E-state index is 11.5. The van der Waals surface area contributed by atoms with Gasteiger partial charge in [0.2, 0.25) is 0 Å². The zero-order valence-corrected chi connectivity index (χ0v) is 12.3. The summed E-state index contributed by atoms with van der Waals surface area (Å²) < 4.78 is 4.76. The molecule has 110 valence electrons. The van der Waals surface area contributed by atoms with Crippen LogP contribution in [0.25, 0.3) is 0 Å². The van der Waals surface area contributed by atoms with Gasteiger partial charge in [0, 0.05) is 19.1 Å². The Bertz CT molecular complexity index is 460. The first-order valence-corrected chi connectivity index (χ1v) is 7.21. The van der Waals surface area contributed by atoms with E-state index in [-0.39, 0.29) is 12.0 Å². The lowest BCUT2D eigenvalue weighted by molar-refractivity contribution is -0.139. The third-order valence-electron chi connectivity index (χ3n) is 4.13. The van der Waals surface area contributed by atoms with Gasteiger partial charge in [0.1, 0.15) is 0 Å². The van der Waals surface area contributed by atoms with Gasteiger partial charge in [0.25, 0.3) is 0 Å². The molecule has 0 radical (unpaired) electrons. The smallest absolute Gasteiger partial charge is 0.309 e. The molecule has 2 N–H and O–H groups in total. The van der Waals surface area contributed by atoms with Crippen LogP contribution in [0.3, 0.4) is 0 Å². The van der Waals surface area contributed by atoms with E-state index >= 15 is 0 Å². The van der Waals surface area contributed by atoms with Crippen molar-refractivity contribution in [3.8, 4) is 0 Å². The summed E-state index contributed by atoms with van der Waals surface area (Å²) in [5.41, 5.74) is 8.25. The van der Waals surface area contributed by atoms with Crippen LogP contribution < -0.4 is 5.73 Å². The molecule has 4 heteroatoms. The predicted molar refractivity (Wildman–Crippen MR) is 79.2 cm³/mol. The third kappa shape index (κ3) is 3.81. The number of rotatable bonds is 5. The molecule has 1 aliphatic heterocycles. The molecular formula is C16H24N2O2. The molecule has 0 saturated carbocycles. The Morgan fingerprint density at radius 1 is 1.45 bits per heavy atom. The van der Waals surface area contributed by atoms with E-state index in [1.54, 1.807) is 0 Å². The number of esters is 1. The maximum atomic E-state index is 11.5. The van der Waals surface area contributed by atoms with E-state index in [2.05, 4.69) is 17.9 Å². The van der Waals surface area contributed by atoms with E-state index in [1.165, 1.54) is 12.7 Å². The lowest BCUT2D eigenvalue weighted by Gasteiger charge is -2.19. The van der Waals surface area contributed by atoms with Crippen molar-refractivity contribution in [2.24, 2.45) is 11.7 Å². The lowest BCUT2D eigenvalue weighted by atomic mass is 10.0.